The summed E-state index contributed by atoms with van der Waals surface area (Å²) in [6, 6.07) is 0. The molecule has 0 aromatic rings. The first-order chi connectivity index (χ1) is 2.41. The summed E-state index contributed by atoms with van der Waals surface area (Å²) in [6.45, 7) is 0. The molecule has 0 atom stereocenters. The summed E-state index contributed by atoms with van der Waals surface area (Å²) in [6.07, 6.45) is 0.0679. The second kappa shape index (κ2) is 3.73. The largest absolute Gasteiger partial charge is 0.708 e. The fraction of sp³-hybridized carbons (Fsp3) is 0. The second-order valence-corrected chi connectivity index (χ2v) is 0.826. The molecule has 0 aromatic carbocycles. The predicted octanol–water partition coefficient (Wildman–Crippen LogP) is 0.819. The molecule has 0 N–H and O–H groups in total. The van der Waals surface area contributed by atoms with Crippen LogP contribution in [0.3, 0.4) is 0 Å². The lowest BCUT2D eigenvalue weighted by Crippen LogP contribution is -1.63. The minimum Gasteiger partial charge on any atom is -0.238 e. The van der Waals surface area contributed by atoms with E-state index >= 15 is 0 Å². The van der Waals surface area contributed by atoms with Crippen molar-refractivity contribution >= 4 is 9.85 Å². The van der Waals surface area contributed by atoms with E-state index in [4.69, 9.17) is 0 Å². The van der Waals surface area contributed by atoms with Crippen LogP contribution in [0.5, 0.6) is 0 Å². The van der Waals surface area contributed by atoms with Gasteiger partial charge in [0.2, 0.25) is 5.70 Å². The van der Waals surface area contributed by atoms with Gasteiger partial charge in [-0.3, -0.25) is 0 Å². The van der Waals surface area contributed by atoms with E-state index in [-0.39, 0.29) is 6.33 Å². The molecule has 0 aliphatic rings. The van der Waals surface area contributed by atoms with E-state index in [2.05, 4.69) is 0 Å². The average molecular weight is 91.1 g/mol. The maximum atomic E-state index is 10.6. The fourth-order valence-corrected chi connectivity index (χ4v) is 0.0619. The molecule has 0 rings (SSSR count). The van der Waals surface area contributed by atoms with Gasteiger partial charge in [-0.15, -0.1) is 0 Å². The Bertz CT molecular complexity index is 34.6. The van der Waals surface area contributed by atoms with Crippen molar-refractivity contribution in [3.05, 3.63) is 12.0 Å². The van der Waals surface area contributed by atoms with E-state index in [1.165, 1.54) is 0 Å². The van der Waals surface area contributed by atoms with Crippen molar-refractivity contribution in [2.24, 2.45) is 0 Å². The zero-order valence-electron chi connectivity index (χ0n) is 2.33. The van der Waals surface area contributed by atoms with Crippen LogP contribution in [0.1, 0.15) is 0 Å². The van der Waals surface area contributed by atoms with E-state index in [9.17, 15) is 8.50 Å². The van der Waals surface area contributed by atoms with Gasteiger partial charge in [0.1, 0.15) is 0 Å². The summed E-state index contributed by atoms with van der Waals surface area (Å²) in [5.74, 6) is 0. The molecule has 0 fully saturated rings. The summed E-state index contributed by atoms with van der Waals surface area (Å²) < 4.78 is 21.2. The molecule has 0 unspecified atom stereocenters. The lowest BCUT2D eigenvalue weighted by molar-refractivity contribution is 0.718. The van der Waals surface area contributed by atoms with Crippen LogP contribution in [-0.4, -0.2) is 9.85 Å². The van der Waals surface area contributed by atoms with Gasteiger partial charge in [0.15, 0.2) is 0 Å². The van der Waals surface area contributed by atoms with E-state index in [0.717, 1.165) is 0 Å². The van der Waals surface area contributed by atoms with Crippen molar-refractivity contribution < 1.29 is 8.50 Å². The maximum absolute atomic E-state index is 10.6. The molecule has 0 amide bonds. The molecule has 5 heavy (non-hydrogen) atoms. The number of hydrogen-bond donors (Lipinski definition) is 0. The highest BCUT2D eigenvalue weighted by Gasteiger charge is 1.94. The third-order valence-corrected chi connectivity index (χ3v) is 0.327. The number of halogens is 2. The minimum atomic E-state index is -1.02. The predicted molar refractivity (Wildman–Crippen MR) is 15.8 cm³/mol. The Labute approximate surface area is 31.5 Å². The van der Waals surface area contributed by atoms with Crippen molar-refractivity contribution in [2.45, 2.75) is 0 Å². The summed E-state index contributed by atoms with van der Waals surface area (Å²) in [5, 5.41) is 0. The van der Waals surface area contributed by atoms with Crippen molar-refractivity contribution in [2.75, 3.05) is 0 Å². The normalized spacial score (nSPS) is 8.40. The van der Waals surface area contributed by atoms with Crippen LogP contribution in [0.2, 0.25) is 0 Å². The van der Waals surface area contributed by atoms with Crippen molar-refractivity contribution in [1.82, 2.24) is 0 Å². The van der Waals surface area contributed by atoms with Gasteiger partial charge >= 0.3 is 16.2 Å². The van der Waals surface area contributed by atoms with Crippen LogP contribution in [-0.2, 0) is 0 Å². The van der Waals surface area contributed by atoms with Crippen LogP contribution in [0, 0.1) is 5.70 Å². The van der Waals surface area contributed by atoms with Gasteiger partial charge in [-0.05, 0) is 0 Å². The molecule has 0 saturated heterocycles. The van der Waals surface area contributed by atoms with Crippen LogP contribution < -0.4 is 0 Å². The molecule has 0 aliphatic carbocycles. The summed E-state index contributed by atoms with van der Waals surface area (Å²) in [7, 11) is -1.02. The van der Waals surface area contributed by atoms with Gasteiger partial charge in [0, 0.05) is 0 Å². The first kappa shape index (κ1) is 4.73. The van der Waals surface area contributed by atoms with E-state index in [1.807, 2.05) is 0 Å². The zero-order chi connectivity index (χ0) is 4.12. The van der Waals surface area contributed by atoms with Gasteiger partial charge in [-0.1, -0.05) is 0 Å². The van der Waals surface area contributed by atoms with Gasteiger partial charge in [-0.2, -0.15) is 4.39 Å². The molecular weight excluding hydrogens is 90.1 g/mol. The fourth-order valence-electron chi connectivity index (χ4n) is 0.0206. The molecule has 0 aliphatic heterocycles. The first-order valence-electron chi connectivity index (χ1n) is 0.946. The quantitative estimate of drug-likeness (QED) is 0.254. The molecule has 0 spiro atoms. The Morgan fingerprint density at radius 3 is 2.40 bits per heavy atom. The topological polar surface area (TPSA) is 0 Å². The van der Waals surface area contributed by atoms with Crippen molar-refractivity contribution in [3.63, 3.8) is 0 Å². The Morgan fingerprint density at radius 2 is 2.40 bits per heavy atom. The van der Waals surface area contributed by atoms with E-state index < -0.39 is 9.85 Å². The first-order valence-corrected chi connectivity index (χ1v) is 1.82. The van der Waals surface area contributed by atoms with Crippen LogP contribution in [0.4, 0.5) is 8.50 Å². The number of hydrogen-bond acceptors (Lipinski definition) is 0. The van der Waals surface area contributed by atoms with Crippen LogP contribution in [0.15, 0.2) is 6.33 Å². The molecule has 0 bridgehead atoms. The highest BCUT2D eigenvalue weighted by atomic mass is 28.3. The minimum absolute atomic E-state index is 0.0679. The van der Waals surface area contributed by atoms with Crippen molar-refractivity contribution in [1.29, 1.82) is 0 Å². The molecule has 0 nitrogen and oxygen atoms in total. The maximum Gasteiger partial charge on any atom is 0.708 e. The third-order valence-electron chi connectivity index (χ3n) is 0.109. The lowest BCUT2D eigenvalue weighted by Gasteiger charge is -1.32. The molecule has 26 valence electrons. The van der Waals surface area contributed by atoms with Gasteiger partial charge in [0.25, 0.3) is 0 Å². The Balaban J connectivity index is 2.62. The standard InChI is InChI=1S/C2HF2Si/c3-1-2-5-4/h1H/q+1. The Hall–Kier alpha value is -0.273. The summed E-state index contributed by atoms with van der Waals surface area (Å²) >= 11 is 0. The SMILES string of the molecule is FC=[C+][Si]F. The molecule has 0 heterocycles. The summed E-state index contributed by atoms with van der Waals surface area (Å²) in [4.78, 5) is 0. The monoisotopic (exact) mass is 91.0 g/mol. The smallest absolute Gasteiger partial charge is 0.238 e. The number of rotatable bonds is 1. The Kier molecular flexibility index (Phi) is 3.52. The summed E-state index contributed by atoms with van der Waals surface area (Å²) in [5.41, 5.74) is 1.68. The molecule has 2 radical (unpaired) electrons. The average Bonchev–Trinajstić information content (AvgIpc) is 1.41. The van der Waals surface area contributed by atoms with E-state index in [0.29, 0.717) is 0 Å². The zero-order valence-corrected chi connectivity index (χ0v) is 3.33. The molecular formula is C2HF2Si+. The van der Waals surface area contributed by atoms with Crippen molar-refractivity contribution in [3.8, 4) is 0 Å². The lowest BCUT2D eigenvalue weighted by atomic mass is 11.2. The van der Waals surface area contributed by atoms with Gasteiger partial charge in [0.05, 0.1) is 0 Å². The van der Waals surface area contributed by atoms with E-state index in [1.54, 1.807) is 5.70 Å². The Morgan fingerprint density at radius 1 is 1.80 bits per heavy atom. The highest BCUT2D eigenvalue weighted by Crippen LogP contribution is 1.65. The van der Waals surface area contributed by atoms with Crippen LogP contribution >= 0.6 is 0 Å². The molecule has 0 saturated carbocycles. The molecule has 0 aromatic heterocycles. The second-order valence-electron chi connectivity index (χ2n) is 0.348. The third kappa shape index (κ3) is 3.73. The molecule has 3 heteroatoms. The highest BCUT2D eigenvalue weighted by molar-refractivity contribution is 6.30. The van der Waals surface area contributed by atoms with Gasteiger partial charge in [-0.25, -0.2) is 4.11 Å². The van der Waals surface area contributed by atoms with Crippen LogP contribution in [0.25, 0.3) is 0 Å². The van der Waals surface area contributed by atoms with Gasteiger partial charge < -0.3 is 0 Å².